The molecule has 0 saturated carbocycles. The van der Waals surface area contributed by atoms with E-state index >= 15 is 0 Å². The summed E-state index contributed by atoms with van der Waals surface area (Å²) in [6, 6.07) is 5.89. The van der Waals surface area contributed by atoms with Crippen molar-refractivity contribution in [2.75, 3.05) is 33.1 Å². The Labute approximate surface area is 171 Å². The van der Waals surface area contributed by atoms with Gasteiger partial charge >= 0.3 is 0 Å². The second-order valence-electron chi connectivity index (χ2n) is 7.64. The summed E-state index contributed by atoms with van der Waals surface area (Å²) < 4.78 is 23.0. The molecule has 3 aliphatic rings. The van der Waals surface area contributed by atoms with Crippen LogP contribution >= 0.6 is 0 Å². The van der Waals surface area contributed by atoms with Crippen LogP contribution in [0.1, 0.15) is 44.1 Å². The van der Waals surface area contributed by atoms with Crippen molar-refractivity contribution in [2.24, 2.45) is 5.92 Å². The molecule has 4 rings (SSSR count). The summed E-state index contributed by atoms with van der Waals surface area (Å²) in [5.74, 6) is 1.63. The highest BCUT2D eigenvalue weighted by Gasteiger charge is 2.39. The van der Waals surface area contributed by atoms with Gasteiger partial charge in [0.05, 0.1) is 0 Å². The number of hydrogen-bond acceptors (Lipinski definition) is 6. The van der Waals surface area contributed by atoms with Crippen molar-refractivity contribution < 1.29 is 28.8 Å². The number of fused-ring (bicyclic) bond motifs is 1. The number of rotatable bonds is 7. The SMILES string of the molecule is CCO[C@@H]1OC(C(=O)N2CCCC2)=C[C@H](c2ccc3c(c2)OCO3)[C@@H]1CCCO. The number of allylic oxidation sites excluding steroid dienone is 1. The molecule has 0 aromatic heterocycles. The maximum Gasteiger partial charge on any atom is 0.288 e. The Hall–Kier alpha value is -2.25. The summed E-state index contributed by atoms with van der Waals surface area (Å²) in [5, 5.41) is 9.39. The van der Waals surface area contributed by atoms with Crippen LogP contribution < -0.4 is 9.47 Å². The van der Waals surface area contributed by atoms with Gasteiger partial charge < -0.3 is 29.0 Å². The van der Waals surface area contributed by atoms with Crippen molar-refractivity contribution in [2.45, 2.75) is 44.8 Å². The molecular weight excluding hydrogens is 374 g/mol. The molecule has 1 saturated heterocycles. The summed E-state index contributed by atoms with van der Waals surface area (Å²) in [6.45, 7) is 4.26. The molecule has 3 aliphatic heterocycles. The smallest absolute Gasteiger partial charge is 0.288 e. The molecule has 1 aromatic rings. The minimum Gasteiger partial charge on any atom is -0.459 e. The molecule has 7 nitrogen and oxygen atoms in total. The Morgan fingerprint density at radius 1 is 1.24 bits per heavy atom. The van der Waals surface area contributed by atoms with E-state index in [0.29, 0.717) is 24.5 Å². The van der Waals surface area contributed by atoms with Gasteiger partial charge in [-0.25, -0.2) is 0 Å². The molecular formula is C22H29NO6. The molecule has 3 atom stereocenters. The Balaban J connectivity index is 1.68. The third-order valence-electron chi connectivity index (χ3n) is 5.80. The number of ether oxygens (including phenoxy) is 4. The van der Waals surface area contributed by atoms with Gasteiger partial charge in [0, 0.05) is 38.1 Å². The van der Waals surface area contributed by atoms with Gasteiger partial charge in [-0.1, -0.05) is 6.07 Å². The standard InChI is InChI=1S/C22H29NO6/c1-2-26-22-16(6-5-11-24)17(15-7-8-18-19(12-15)28-14-27-18)13-20(29-22)21(25)23-9-3-4-10-23/h7-8,12-13,16-17,22,24H,2-6,9-11,14H2,1H3/t16-,17+,22+/m0/s1. The van der Waals surface area contributed by atoms with Gasteiger partial charge in [-0.2, -0.15) is 0 Å². The van der Waals surface area contributed by atoms with Crippen LogP contribution in [0.4, 0.5) is 0 Å². The molecule has 0 unspecified atom stereocenters. The summed E-state index contributed by atoms with van der Waals surface area (Å²) in [6.07, 6.45) is 4.81. The largest absolute Gasteiger partial charge is 0.459 e. The van der Waals surface area contributed by atoms with Gasteiger partial charge in [0.25, 0.3) is 5.91 Å². The van der Waals surface area contributed by atoms with Crippen molar-refractivity contribution in [3.05, 3.63) is 35.6 Å². The van der Waals surface area contributed by atoms with E-state index in [0.717, 1.165) is 43.7 Å². The summed E-state index contributed by atoms with van der Waals surface area (Å²) in [4.78, 5) is 14.9. The van der Waals surface area contributed by atoms with Crippen LogP contribution in [0.2, 0.25) is 0 Å². The molecule has 1 aromatic carbocycles. The zero-order valence-electron chi connectivity index (χ0n) is 16.8. The summed E-state index contributed by atoms with van der Waals surface area (Å²) >= 11 is 0. The van der Waals surface area contributed by atoms with Crippen LogP contribution in [0.5, 0.6) is 11.5 Å². The zero-order chi connectivity index (χ0) is 20.2. The molecule has 0 spiro atoms. The topological polar surface area (TPSA) is 77.5 Å². The predicted molar refractivity (Wildman–Crippen MR) is 106 cm³/mol. The third-order valence-corrected chi connectivity index (χ3v) is 5.80. The van der Waals surface area contributed by atoms with E-state index in [2.05, 4.69) is 0 Å². The third kappa shape index (κ3) is 4.21. The second-order valence-corrected chi connectivity index (χ2v) is 7.64. The lowest BCUT2D eigenvalue weighted by atomic mass is 9.80. The first kappa shape index (κ1) is 20.0. The van der Waals surface area contributed by atoms with Crippen molar-refractivity contribution in [3.8, 4) is 11.5 Å². The monoisotopic (exact) mass is 403 g/mol. The first-order valence-electron chi connectivity index (χ1n) is 10.5. The Kier molecular flexibility index (Phi) is 6.25. The number of amides is 1. The number of benzene rings is 1. The molecule has 0 aliphatic carbocycles. The van der Waals surface area contributed by atoms with E-state index < -0.39 is 6.29 Å². The van der Waals surface area contributed by atoms with Gasteiger partial charge in [0.1, 0.15) is 0 Å². The average molecular weight is 403 g/mol. The molecule has 1 amide bonds. The quantitative estimate of drug-likeness (QED) is 0.754. The molecule has 0 bridgehead atoms. The minimum atomic E-state index is -0.534. The van der Waals surface area contributed by atoms with Crippen molar-refractivity contribution in [3.63, 3.8) is 0 Å². The van der Waals surface area contributed by atoms with Gasteiger partial charge in [0.15, 0.2) is 17.3 Å². The van der Waals surface area contributed by atoms with E-state index in [1.807, 2.05) is 36.1 Å². The summed E-state index contributed by atoms with van der Waals surface area (Å²) in [5.41, 5.74) is 1.02. The van der Waals surface area contributed by atoms with E-state index in [-0.39, 0.29) is 31.1 Å². The van der Waals surface area contributed by atoms with Gasteiger partial charge in [-0.05, 0) is 56.4 Å². The fourth-order valence-electron chi connectivity index (χ4n) is 4.33. The highest BCUT2D eigenvalue weighted by molar-refractivity contribution is 5.92. The maximum absolute atomic E-state index is 13.0. The fourth-order valence-corrected chi connectivity index (χ4v) is 4.33. The molecule has 29 heavy (non-hydrogen) atoms. The van der Waals surface area contributed by atoms with E-state index in [1.165, 1.54) is 0 Å². The van der Waals surface area contributed by atoms with E-state index in [9.17, 15) is 9.90 Å². The van der Waals surface area contributed by atoms with Crippen LogP contribution in [0.25, 0.3) is 0 Å². The first-order chi connectivity index (χ1) is 14.2. The summed E-state index contributed by atoms with van der Waals surface area (Å²) in [7, 11) is 0. The zero-order valence-corrected chi connectivity index (χ0v) is 16.8. The predicted octanol–water partition coefficient (Wildman–Crippen LogP) is 2.79. The lowest BCUT2D eigenvalue weighted by Gasteiger charge is -2.37. The fraction of sp³-hybridized carbons (Fsp3) is 0.591. The van der Waals surface area contributed by atoms with Crippen molar-refractivity contribution in [1.29, 1.82) is 0 Å². The number of carbonyl (C=O) groups excluding carboxylic acids is 1. The number of likely N-dealkylation sites (tertiary alicyclic amines) is 1. The number of carbonyl (C=O) groups is 1. The molecule has 158 valence electrons. The van der Waals surface area contributed by atoms with Gasteiger partial charge in [0.2, 0.25) is 13.1 Å². The van der Waals surface area contributed by atoms with Gasteiger partial charge in [-0.3, -0.25) is 4.79 Å². The molecule has 1 N–H and O–H groups in total. The average Bonchev–Trinajstić information content (AvgIpc) is 3.43. The van der Waals surface area contributed by atoms with Crippen LogP contribution in [-0.2, 0) is 14.3 Å². The Morgan fingerprint density at radius 3 is 2.79 bits per heavy atom. The highest BCUT2D eigenvalue weighted by atomic mass is 16.7. The van der Waals surface area contributed by atoms with Crippen LogP contribution in [0.3, 0.4) is 0 Å². The normalized spacial score (nSPS) is 25.7. The highest BCUT2D eigenvalue weighted by Crippen LogP contribution is 2.43. The van der Waals surface area contributed by atoms with E-state index in [1.54, 1.807) is 0 Å². The molecule has 0 radical (unpaired) electrons. The minimum absolute atomic E-state index is 0.0161. The Morgan fingerprint density at radius 2 is 2.03 bits per heavy atom. The van der Waals surface area contributed by atoms with Crippen LogP contribution in [-0.4, -0.2) is 55.3 Å². The lowest BCUT2D eigenvalue weighted by Crippen LogP contribution is -2.39. The molecule has 7 heteroatoms. The number of hydrogen-bond donors (Lipinski definition) is 1. The second kappa shape index (κ2) is 9.05. The van der Waals surface area contributed by atoms with Crippen molar-refractivity contribution >= 4 is 5.91 Å². The number of nitrogens with zero attached hydrogens (tertiary/aromatic N) is 1. The number of aliphatic hydroxyl groups excluding tert-OH is 1. The molecule has 1 fully saturated rings. The number of aliphatic hydroxyl groups is 1. The first-order valence-corrected chi connectivity index (χ1v) is 10.5. The Bertz CT molecular complexity index is 758. The maximum atomic E-state index is 13.0. The van der Waals surface area contributed by atoms with Crippen LogP contribution in [0, 0.1) is 5.92 Å². The van der Waals surface area contributed by atoms with Crippen molar-refractivity contribution in [1.82, 2.24) is 4.90 Å². The van der Waals surface area contributed by atoms with E-state index in [4.69, 9.17) is 18.9 Å². The van der Waals surface area contributed by atoms with Crippen LogP contribution in [0.15, 0.2) is 30.0 Å². The van der Waals surface area contributed by atoms with Gasteiger partial charge in [-0.15, -0.1) is 0 Å². The lowest BCUT2D eigenvalue weighted by molar-refractivity contribution is -0.170. The molecule has 3 heterocycles.